The van der Waals surface area contributed by atoms with Gasteiger partial charge >= 0.3 is 11.9 Å². The van der Waals surface area contributed by atoms with Gasteiger partial charge in [-0.15, -0.1) is 0 Å². The Morgan fingerprint density at radius 1 is 0.886 bits per heavy atom. The number of aliphatic hydroxyl groups excluding tert-OH is 1. The van der Waals surface area contributed by atoms with Crippen LogP contribution in [-0.4, -0.2) is 127 Å². The summed E-state index contributed by atoms with van der Waals surface area (Å²) in [7, 11) is 0. The summed E-state index contributed by atoms with van der Waals surface area (Å²) in [5.74, 6) is -7.36. The average molecular weight is 663 g/mol. The number of aromatic amines is 1. The van der Waals surface area contributed by atoms with Crippen molar-refractivity contribution in [3.05, 3.63) is 18.2 Å². The highest BCUT2D eigenvalue weighted by atomic mass is 32.2. The standard InChI is InChI=1S/C24H38N8O10S2/c1-11(25)19(36)32-17(9-43)23(40)30-15(6-18(34)35)21(38)29-14(5-12-7-26-10-27-12)20(37)31-16(8-33)22(39)28-13(24(41)42)3-4-44-2/h7,10-11,13-17,33,43H,3-6,8-9,25H2,1-2H3,(H,26,27)(H,28,39)(H,29,38)(H,30,40)(H,31,37)(H,32,36)(H,34,35)(H,41,42). The van der Waals surface area contributed by atoms with Crippen molar-refractivity contribution in [3.63, 3.8) is 0 Å². The SMILES string of the molecule is CSCCC(NC(=O)C(CO)NC(=O)C(Cc1cnc[nH]1)NC(=O)C(CC(=O)O)NC(=O)C(CS)NC(=O)C(C)N)C(=O)O. The molecule has 6 atom stereocenters. The van der Waals surface area contributed by atoms with Crippen LogP contribution < -0.4 is 32.3 Å². The summed E-state index contributed by atoms with van der Waals surface area (Å²) < 4.78 is 0. The molecule has 0 aliphatic rings. The lowest BCUT2D eigenvalue weighted by Crippen LogP contribution is -2.60. The van der Waals surface area contributed by atoms with Crippen molar-refractivity contribution in [2.24, 2.45) is 5.73 Å². The minimum absolute atomic E-state index is 0.0759. The zero-order valence-corrected chi connectivity index (χ0v) is 25.7. The molecule has 18 nitrogen and oxygen atoms in total. The number of aromatic nitrogens is 2. The molecule has 0 aliphatic heterocycles. The molecule has 0 saturated carbocycles. The van der Waals surface area contributed by atoms with Crippen LogP contribution in [0.15, 0.2) is 12.5 Å². The number of imidazole rings is 1. The molecule has 11 N–H and O–H groups in total. The van der Waals surface area contributed by atoms with Crippen LogP contribution in [0.1, 0.15) is 25.5 Å². The summed E-state index contributed by atoms with van der Waals surface area (Å²) in [6.07, 6.45) is 3.29. The van der Waals surface area contributed by atoms with E-state index in [1.807, 2.05) is 0 Å². The third-order valence-electron chi connectivity index (χ3n) is 5.89. The zero-order chi connectivity index (χ0) is 33.4. The Labute approximate surface area is 261 Å². The van der Waals surface area contributed by atoms with Crippen LogP contribution in [0.25, 0.3) is 0 Å². The van der Waals surface area contributed by atoms with Crippen molar-refractivity contribution in [2.75, 3.05) is 24.4 Å². The Morgan fingerprint density at radius 2 is 1.41 bits per heavy atom. The number of nitrogens with zero attached hydrogens (tertiary/aromatic N) is 1. The molecule has 1 rings (SSSR count). The topological polar surface area (TPSA) is 295 Å². The number of carboxylic acid groups (broad SMARTS) is 2. The van der Waals surface area contributed by atoms with E-state index in [1.54, 1.807) is 6.26 Å². The molecule has 0 aromatic carbocycles. The summed E-state index contributed by atoms with van der Waals surface area (Å²) in [5, 5.41) is 39.8. The fourth-order valence-electron chi connectivity index (χ4n) is 3.48. The number of nitrogens with two attached hydrogens (primary N) is 1. The average Bonchev–Trinajstić information content (AvgIpc) is 3.48. The van der Waals surface area contributed by atoms with E-state index in [-0.39, 0.29) is 18.6 Å². The highest BCUT2D eigenvalue weighted by Gasteiger charge is 2.33. The van der Waals surface area contributed by atoms with Gasteiger partial charge in [0.05, 0.1) is 25.4 Å². The number of hydrogen-bond acceptors (Lipinski definition) is 12. The van der Waals surface area contributed by atoms with Crippen LogP contribution in [0.3, 0.4) is 0 Å². The normalized spacial score (nSPS) is 14.9. The number of H-pyrrole nitrogens is 1. The molecule has 0 bridgehead atoms. The summed E-state index contributed by atoms with van der Waals surface area (Å²) in [6, 6.07) is -8.38. The minimum Gasteiger partial charge on any atom is -0.481 e. The Kier molecular flexibility index (Phi) is 16.8. The smallest absolute Gasteiger partial charge is 0.326 e. The molecule has 0 fully saturated rings. The molecule has 1 heterocycles. The van der Waals surface area contributed by atoms with Crippen LogP contribution in [0.2, 0.25) is 0 Å². The molecule has 1 aromatic rings. The lowest BCUT2D eigenvalue weighted by molar-refractivity contribution is -0.142. The van der Waals surface area contributed by atoms with E-state index in [1.165, 1.54) is 31.2 Å². The molecule has 6 unspecified atom stereocenters. The van der Waals surface area contributed by atoms with Crippen molar-refractivity contribution in [1.82, 2.24) is 36.6 Å². The molecular formula is C24H38N8O10S2. The first-order valence-corrected chi connectivity index (χ1v) is 15.2. The second-order valence-electron chi connectivity index (χ2n) is 9.46. The van der Waals surface area contributed by atoms with Crippen molar-refractivity contribution in [1.29, 1.82) is 0 Å². The van der Waals surface area contributed by atoms with Gasteiger partial charge in [0.1, 0.15) is 30.2 Å². The van der Waals surface area contributed by atoms with Crippen LogP contribution >= 0.6 is 24.4 Å². The van der Waals surface area contributed by atoms with Gasteiger partial charge in [0.15, 0.2) is 0 Å². The molecule has 1 aromatic heterocycles. The maximum absolute atomic E-state index is 13.2. The van der Waals surface area contributed by atoms with E-state index in [0.717, 1.165) is 0 Å². The van der Waals surface area contributed by atoms with Gasteiger partial charge in [0, 0.05) is 24.1 Å². The molecule has 0 radical (unpaired) electrons. The lowest BCUT2D eigenvalue weighted by Gasteiger charge is -2.26. The van der Waals surface area contributed by atoms with Gasteiger partial charge in [0.2, 0.25) is 29.5 Å². The number of carbonyl (C=O) groups excluding carboxylic acids is 5. The Morgan fingerprint density at radius 3 is 1.91 bits per heavy atom. The molecular weight excluding hydrogens is 624 g/mol. The lowest BCUT2D eigenvalue weighted by atomic mass is 10.1. The van der Waals surface area contributed by atoms with Gasteiger partial charge in [0.25, 0.3) is 0 Å². The van der Waals surface area contributed by atoms with E-state index in [0.29, 0.717) is 11.4 Å². The van der Waals surface area contributed by atoms with Crippen LogP contribution in [0.5, 0.6) is 0 Å². The fourth-order valence-corrected chi connectivity index (χ4v) is 4.21. The molecule has 20 heteroatoms. The number of rotatable bonds is 20. The predicted octanol–water partition coefficient (Wildman–Crippen LogP) is -4.04. The molecule has 0 aliphatic carbocycles. The van der Waals surface area contributed by atoms with E-state index < -0.39 is 90.8 Å². The first kappa shape index (κ1) is 38.1. The van der Waals surface area contributed by atoms with Gasteiger partial charge in [-0.05, 0) is 25.4 Å². The number of hydrogen-bond donors (Lipinski definition) is 11. The van der Waals surface area contributed by atoms with Gasteiger partial charge in [-0.3, -0.25) is 28.8 Å². The highest BCUT2D eigenvalue weighted by Crippen LogP contribution is 2.05. The van der Waals surface area contributed by atoms with E-state index in [9.17, 15) is 48.9 Å². The van der Waals surface area contributed by atoms with Crippen LogP contribution in [0, 0.1) is 0 Å². The van der Waals surface area contributed by atoms with E-state index in [4.69, 9.17) is 5.73 Å². The third kappa shape index (κ3) is 13.2. The number of carboxylic acids is 2. The number of aliphatic carboxylic acids is 2. The summed E-state index contributed by atoms with van der Waals surface area (Å²) >= 11 is 5.35. The van der Waals surface area contributed by atoms with Gasteiger partial charge in [-0.1, -0.05) is 0 Å². The monoisotopic (exact) mass is 662 g/mol. The number of thiol groups is 1. The van der Waals surface area contributed by atoms with Gasteiger partial charge in [-0.25, -0.2) is 9.78 Å². The van der Waals surface area contributed by atoms with Crippen molar-refractivity contribution in [3.8, 4) is 0 Å². The second-order valence-corrected chi connectivity index (χ2v) is 10.8. The highest BCUT2D eigenvalue weighted by molar-refractivity contribution is 7.98. The van der Waals surface area contributed by atoms with Gasteiger partial charge in [-0.2, -0.15) is 24.4 Å². The number of nitrogens with one attached hydrogen (secondary N) is 6. The maximum Gasteiger partial charge on any atom is 0.326 e. The second kappa shape index (κ2) is 19.4. The number of amides is 5. The summed E-state index contributed by atoms with van der Waals surface area (Å²) in [6.45, 7) is 0.447. The van der Waals surface area contributed by atoms with Gasteiger partial charge < -0.3 is 52.6 Å². The van der Waals surface area contributed by atoms with Crippen LogP contribution in [-0.2, 0) is 40.0 Å². The molecule has 0 saturated heterocycles. The van der Waals surface area contributed by atoms with Crippen molar-refractivity contribution in [2.45, 2.75) is 62.4 Å². The number of carbonyl (C=O) groups is 7. The Balaban J connectivity index is 3.15. The molecule has 44 heavy (non-hydrogen) atoms. The maximum atomic E-state index is 13.2. The fraction of sp³-hybridized carbons (Fsp3) is 0.583. The van der Waals surface area contributed by atoms with Crippen LogP contribution in [0.4, 0.5) is 0 Å². The largest absolute Gasteiger partial charge is 0.481 e. The minimum atomic E-state index is -1.73. The molecule has 0 spiro atoms. The quantitative estimate of drug-likeness (QED) is 0.0594. The number of aliphatic hydroxyl groups is 1. The Hall–Kier alpha value is -3.88. The molecule has 246 valence electrons. The van der Waals surface area contributed by atoms with E-state index >= 15 is 0 Å². The summed E-state index contributed by atoms with van der Waals surface area (Å²) in [4.78, 5) is 93.4. The number of thioether (sulfide) groups is 1. The van der Waals surface area contributed by atoms with E-state index in [2.05, 4.69) is 49.2 Å². The molecule has 5 amide bonds. The first-order chi connectivity index (χ1) is 20.7. The van der Waals surface area contributed by atoms with Crippen molar-refractivity contribution < 1.29 is 48.9 Å². The predicted molar refractivity (Wildman–Crippen MR) is 159 cm³/mol. The Bertz CT molecular complexity index is 1150. The third-order valence-corrected chi connectivity index (χ3v) is 6.90. The zero-order valence-electron chi connectivity index (χ0n) is 23.9. The first-order valence-electron chi connectivity index (χ1n) is 13.1. The summed E-state index contributed by atoms with van der Waals surface area (Å²) in [5.41, 5.74) is 5.83. The van der Waals surface area contributed by atoms with Crippen molar-refractivity contribution >= 4 is 65.9 Å².